The Hall–Kier alpha value is -1.40. The second-order valence-electron chi connectivity index (χ2n) is 3.16. The van der Waals surface area contributed by atoms with Gasteiger partial charge in [-0.05, 0) is 12.2 Å². The highest BCUT2D eigenvalue weighted by molar-refractivity contribution is 7.80. The largest absolute Gasteiger partial charge is 0.491 e. The smallest absolute Gasteiger partial charge is 0.184 e. The van der Waals surface area contributed by atoms with Gasteiger partial charge in [0.15, 0.2) is 5.11 Å². The highest BCUT2D eigenvalue weighted by atomic mass is 35.5. The zero-order chi connectivity index (χ0) is 12.8. The Morgan fingerprint density at radius 3 is 2.94 bits per heavy atom. The molecular weight excluding hydrogens is 260 g/mol. The molecule has 1 rings (SSSR count). The molecule has 1 heterocycles. The third kappa shape index (κ3) is 4.16. The SMILES string of the molecule is C=C(Cl)/C=C1/OCC/C(=N/NC(N)=S)C1=NC. The predicted octanol–water partition coefficient (Wildman–Crippen LogP) is 1.30. The molecule has 5 nitrogen and oxygen atoms in total. The summed E-state index contributed by atoms with van der Waals surface area (Å²) in [5, 5.41) is 4.54. The fraction of sp³-hybridized carbons (Fsp3) is 0.300. The van der Waals surface area contributed by atoms with Crippen LogP contribution in [-0.4, -0.2) is 30.2 Å². The summed E-state index contributed by atoms with van der Waals surface area (Å²) in [6.45, 7) is 4.07. The van der Waals surface area contributed by atoms with E-state index in [1.807, 2.05) is 0 Å². The summed E-state index contributed by atoms with van der Waals surface area (Å²) in [6.07, 6.45) is 2.22. The highest BCUT2D eigenvalue weighted by Crippen LogP contribution is 2.15. The Morgan fingerprint density at radius 2 is 2.41 bits per heavy atom. The number of nitrogens with one attached hydrogen (secondary N) is 1. The standard InChI is InChI=1S/C10H13ClN4OS/c1-6(11)5-8-9(13-2)7(3-4-16-8)14-15-10(12)17/h5H,1,3-4H2,2H3,(H3,12,15,17)/b8-5+,13-9?,14-7-. The number of hydrogen-bond donors (Lipinski definition) is 2. The summed E-state index contributed by atoms with van der Waals surface area (Å²) in [5.74, 6) is 0.544. The van der Waals surface area contributed by atoms with Crippen molar-refractivity contribution < 1.29 is 4.74 Å². The first-order valence-corrected chi connectivity index (χ1v) is 5.61. The molecule has 0 aliphatic carbocycles. The number of hydrazone groups is 1. The van der Waals surface area contributed by atoms with Gasteiger partial charge < -0.3 is 10.5 Å². The number of nitrogens with two attached hydrogens (primary N) is 1. The van der Waals surface area contributed by atoms with E-state index in [-0.39, 0.29) is 5.11 Å². The van der Waals surface area contributed by atoms with E-state index in [2.05, 4.69) is 34.3 Å². The van der Waals surface area contributed by atoms with E-state index >= 15 is 0 Å². The normalized spacial score (nSPS) is 22.6. The van der Waals surface area contributed by atoms with Crippen molar-refractivity contribution in [2.45, 2.75) is 6.42 Å². The second-order valence-corrected chi connectivity index (χ2v) is 4.09. The van der Waals surface area contributed by atoms with Gasteiger partial charge in [0.25, 0.3) is 0 Å². The molecule has 0 atom stereocenters. The van der Waals surface area contributed by atoms with Crippen molar-refractivity contribution in [3.8, 4) is 0 Å². The first-order chi connectivity index (χ1) is 8.04. The molecule has 1 fully saturated rings. The van der Waals surface area contributed by atoms with Crippen LogP contribution in [0.15, 0.2) is 33.5 Å². The van der Waals surface area contributed by atoms with Crippen molar-refractivity contribution in [3.05, 3.63) is 23.4 Å². The third-order valence-electron chi connectivity index (χ3n) is 1.92. The zero-order valence-electron chi connectivity index (χ0n) is 9.36. The van der Waals surface area contributed by atoms with Crippen LogP contribution in [0.25, 0.3) is 0 Å². The molecule has 0 bridgehead atoms. The van der Waals surface area contributed by atoms with E-state index in [9.17, 15) is 0 Å². The van der Waals surface area contributed by atoms with Crippen LogP contribution in [0.3, 0.4) is 0 Å². The van der Waals surface area contributed by atoms with Crippen LogP contribution in [0.1, 0.15) is 6.42 Å². The number of aliphatic imine (C=N–C) groups is 1. The number of thiocarbonyl (C=S) groups is 1. The molecule has 92 valence electrons. The van der Waals surface area contributed by atoms with Crippen molar-refractivity contribution in [1.29, 1.82) is 0 Å². The van der Waals surface area contributed by atoms with Gasteiger partial charge in [0, 0.05) is 24.6 Å². The lowest BCUT2D eigenvalue weighted by Gasteiger charge is -2.20. The van der Waals surface area contributed by atoms with Crippen molar-refractivity contribution in [2.75, 3.05) is 13.7 Å². The summed E-state index contributed by atoms with van der Waals surface area (Å²) in [6, 6.07) is 0. The predicted molar refractivity (Wildman–Crippen MR) is 74.4 cm³/mol. The van der Waals surface area contributed by atoms with E-state index in [1.54, 1.807) is 13.1 Å². The lowest BCUT2D eigenvalue weighted by atomic mass is 10.1. The van der Waals surface area contributed by atoms with Gasteiger partial charge in [-0.1, -0.05) is 18.2 Å². The number of allylic oxidation sites excluding steroid dienone is 3. The van der Waals surface area contributed by atoms with Crippen LogP contribution >= 0.6 is 23.8 Å². The highest BCUT2D eigenvalue weighted by Gasteiger charge is 2.21. The molecule has 0 aromatic carbocycles. The van der Waals surface area contributed by atoms with Gasteiger partial charge in [0.1, 0.15) is 11.5 Å². The minimum atomic E-state index is 0.103. The van der Waals surface area contributed by atoms with Crippen LogP contribution in [0, 0.1) is 0 Å². The van der Waals surface area contributed by atoms with Crippen molar-refractivity contribution in [2.24, 2.45) is 15.8 Å². The molecule has 0 amide bonds. The fourth-order valence-corrected chi connectivity index (χ4v) is 1.45. The van der Waals surface area contributed by atoms with E-state index in [0.29, 0.717) is 29.5 Å². The molecule has 17 heavy (non-hydrogen) atoms. The van der Waals surface area contributed by atoms with Crippen LogP contribution < -0.4 is 11.2 Å². The summed E-state index contributed by atoms with van der Waals surface area (Å²) >= 11 is 10.4. The molecule has 0 aromatic rings. The summed E-state index contributed by atoms with van der Waals surface area (Å²) in [7, 11) is 1.64. The van der Waals surface area contributed by atoms with Gasteiger partial charge in [0.2, 0.25) is 0 Å². The Labute approximate surface area is 110 Å². The Kier molecular flexibility index (Phi) is 5.11. The minimum Gasteiger partial charge on any atom is -0.491 e. The van der Waals surface area contributed by atoms with E-state index in [1.165, 1.54) is 0 Å². The Morgan fingerprint density at radius 1 is 1.71 bits per heavy atom. The number of nitrogens with zero attached hydrogens (tertiary/aromatic N) is 2. The molecule has 3 N–H and O–H groups in total. The molecule has 7 heteroatoms. The van der Waals surface area contributed by atoms with E-state index < -0.39 is 0 Å². The monoisotopic (exact) mass is 272 g/mol. The zero-order valence-corrected chi connectivity index (χ0v) is 10.9. The quantitative estimate of drug-likeness (QED) is 0.587. The number of rotatable bonds is 2. The first-order valence-electron chi connectivity index (χ1n) is 4.83. The molecule has 0 saturated carbocycles. The first kappa shape index (κ1) is 13.7. The number of halogens is 1. The molecule has 0 radical (unpaired) electrons. The Balaban J connectivity index is 2.97. The summed E-state index contributed by atoms with van der Waals surface area (Å²) < 4.78 is 5.44. The van der Waals surface area contributed by atoms with Crippen LogP contribution in [0.4, 0.5) is 0 Å². The Bertz CT molecular complexity index is 428. The third-order valence-corrected chi connectivity index (χ3v) is 2.12. The van der Waals surface area contributed by atoms with Gasteiger partial charge in [-0.2, -0.15) is 5.10 Å². The van der Waals surface area contributed by atoms with Gasteiger partial charge in [-0.15, -0.1) is 0 Å². The molecule has 1 saturated heterocycles. The van der Waals surface area contributed by atoms with Gasteiger partial charge in [0.05, 0.1) is 12.3 Å². The van der Waals surface area contributed by atoms with Crippen LogP contribution in [-0.2, 0) is 4.74 Å². The average Bonchev–Trinajstić information content (AvgIpc) is 2.25. The van der Waals surface area contributed by atoms with E-state index in [4.69, 9.17) is 22.1 Å². The fourth-order valence-electron chi connectivity index (χ4n) is 1.31. The molecule has 0 aromatic heterocycles. The van der Waals surface area contributed by atoms with Gasteiger partial charge >= 0.3 is 0 Å². The van der Waals surface area contributed by atoms with Crippen molar-refractivity contribution in [3.63, 3.8) is 0 Å². The second kappa shape index (κ2) is 6.36. The molecule has 0 spiro atoms. The summed E-state index contributed by atoms with van der Waals surface area (Å²) in [4.78, 5) is 4.11. The molecule has 1 aliphatic heterocycles. The molecular formula is C10H13ClN4OS. The van der Waals surface area contributed by atoms with Crippen LogP contribution in [0.5, 0.6) is 0 Å². The van der Waals surface area contributed by atoms with Crippen molar-refractivity contribution in [1.82, 2.24) is 5.43 Å². The maximum atomic E-state index is 5.71. The van der Waals surface area contributed by atoms with Crippen LogP contribution in [0.2, 0.25) is 0 Å². The number of hydrogen-bond acceptors (Lipinski definition) is 4. The lowest BCUT2D eigenvalue weighted by Crippen LogP contribution is -2.31. The van der Waals surface area contributed by atoms with Gasteiger partial charge in [-0.25, -0.2) is 0 Å². The van der Waals surface area contributed by atoms with Crippen molar-refractivity contribution >= 4 is 40.4 Å². The minimum absolute atomic E-state index is 0.103. The molecule has 0 unspecified atom stereocenters. The maximum absolute atomic E-state index is 5.71. The van der Waals surface area contributed by atoms with Gasteiger partial charge in [-0.3, -0.25) is 10.4 Å². The topological polar surface area (TPSA) is 72.0 Å². The number of ether oxygens (including phenoxy) is 1. The maximum Gasteiger partial charge on any atom is 0.184 e. The van der Waals surface area contributed by atoms with E-state index in [0.717, 1.165) is 5.71 Å². The average molecular weight is 273 g/mol. The lowest BCUT2D eigenvalue weighted by molar-refractivity contribution is 0.235. The summed E-state index contributed by atoms with van der Waals surface area (Å²) in [5.41, 5.74) is 9.17. The molecule has 1 aliphatic rings.